The maximum absolute atomic E-state index is 12.1. The van der Waals surface area contributed by atoms with Gasteiger partial charge in [0.15, 0.2) is 0 Å². The summed E-state index contributed by atoms with van der Waals surface area (Å²) in [5, 5.41) is 16.0. The first-order chi connectivity index (χ1) is 12.0. The molecule has 0 aliphatic rings. The highest BCUT2D eigenvalue weighted by atomic mass is 16.5. The molecule has 0 radical (unpaired) electrons. The Labute approximate surface area is 149 Å². The van der Waals surface area contributed by atoms with Crippen LogP contribution >= 0.6 is 0 Å². The van der Waals surface area contributed by atoms with Crippen LogP contribution < -0.4 is 10.6 Å². The lowest BCUT2D eigenvalue weighted by Crippen LogP contribution is -2.43. The van der Waals surface area contributed by atoms with Crippen molar-refractivity contribution in [1.29, 1.82) is 0 Å². The second kappa shape index (κ2) is 9.20. The molecule has 2 amide bonds. The fourth-order valence-corrected chi connectivity index (χ4v) is 2.47. The summed E-state index contributed by atoms with van der Waals surface area (Å²) in [6, 6.07) is 16.8. The smallest absolute Gasteiger partial charge is 0.315 e. The molecule has 0 saturated heterocycles. The zero-order chi connectivity index (χ0) is 18.1. The number of aliphatic hydroxyl groups is 1. The molecule has 5 heteroatoms. The fourth-order valence-electron chi connectivity index (χ4n) is 2.47. The monoisotopic (exact) mass is 342 g/mol. The maximum atomic E-state index is 12.1. The summed E-state index contributed by atoms with van der Waals surface area (Å²) in [6.45, 7) is 5.34. The van der Waals surface area contributed by atoms with E-state index in [0.717, 1.165) is 16.7 Å². The van der Waals surface area contributed by atoms with Crippen LogP contribution in [0.15, 0.2) is 54.6 Å². The van der Waals surface area contributed by atoms with Crippen molar-refractivity contribution in [2.45, 2.75) is 32.6 Å². The number of urea groups is 1. The largest absolute Gasteiger partial charge is 0.384 e. The molecule has 0 aliphatic heterocycles. The van der Waals surface area contributed by atoms with Crippen LogP contribution in [-0.4, -0.2) is 24.3 Å². The number of ether oxygens (including phenoxy) is 1. The Morgan fingerprint density at radius 1 is 1.04 bits per heavy atom. The Bertz CT molecular complexity index is 672. The second-order valence-electron chi connectivity index (χ2n) is 6.08. The molecule has 25 heavy (non-hydrogen) atoms. The number of amides is 2. The van der Waals surface area contributed by atoms with Gasteiger partial charge in [0.2, 0.25) is 0 Å². The molecule has 1 atom stereocenters. The minimum atomic E-state index is -1.12. The summed E-state index contributed by atoms with van der Waals surface area (Å²) < 4.78 is 5.45. The molecule has 0 heterocycles. The average Bonchev–Trinajstić information content (AvgIpc) is 2.64. The standard InChI is InChI=1S/C20H26N2O3/c1-3-25-14-17-10-8-7-9-16(17)13-21-19(23)22-15-20(2,24)18-11-5-4-6-12-18/h4-12,24H,3,13-15H2,1-2H3,(H2,21,22,23). The SMILES string of the molecule is CCOCc1ccccc1CNC(=O)NCC(C)(O)c1ccccc1. The number of hydrogen-bond donors (Lipinski definition) is 3. The van der Waals surface area contributed by atoms with Gasteiger partial charge in [-0.15, -0.1) is 0 Å². The third kappa shape index (κ3) is 5.89. The van der Waals surface area contributed by atoms with Gasteiger partial charge in [0.05, 0.1) is 13.2 Å². The molecule has 2 aromatic rings. The molecular formula is C20H26N2O3. The number of carbonyl (C=O) groups is 1. The lowest BCUT2D eigenvalue weighted by molar-refractivity contribution is 0.0594. The predicted molar refractivity (Wildman–Crippen MR) is 98.0 cm³/mol. The Morgan fingerprint density at radius 3 is 2.36 bits per heavy atom. The quantitative estimate of drug-likeness (QED) is 0.691. The number of benzene rings is 2. The number of nitrogens with one attached hydrogen (secondary N) is 2. The summed E-state index contributed by atoms with van der Waals surface area (Å²) >= 11 is 0. The third-order valence-corrected chi connectivity index (χ3v) is 4.01. The van der Waals surface area contributed by atoms with E-state index < -0.39 is 5.60 Å². The molecule has 0 aliphatic carbocycles. The highest BCUT2D eigenvalue weighted by Crippen LogP contribution is 2.18. The van der Waals surface area contributed by atoms with Crippen molar-refractivity contribution in [3.63, 3.8) is 0 Å². The van der Waals surface area contributed by atoms with Gasteiger partial charge in [-0.25, -0.2) is 4.79 Å². The molecule has 0 aromatic heterocycles. The van der Waals surface area contributed by atoms with Crippen LogP contribution in [0.25, 0.3) is 0 Å². The summed E-state index contributed by atoms with van der Waals surface area (Å²) in [5.41, 5.74) is 1.71. The molecular weight excluding hydrogens is 316 g/mol. The summed E-state index contributed by atoms with van der Waals surface area (Å²) in [4.78, 5) is 12.1. The molecule has 0 bridgehead atoms. The lowest BCUT2D eigenvalue weighted by atomic mass is 9.96. The summed E-state index contributed by atoms with van der Waals surface area (Å²) in [5.74, 6) is 0. The number of rotatable bonds is 8. The Kier molecular flexibility index (Phi) is 6.98. The minimum Gasteiger partial charge on any atom is -0.384 e. The van der Waals surface area contributed by atoms with E-state index >= 15 is 0 Å². The van der Waals surface area contributed by atoms with Crippen molar-refractivity contribution >= 4 is 6.03 Å². The van der Waals surface area contributed by atoms with E-state index in [1.807, 2.05) is 61.5 Å². The van der Waals surface area contributed by atoms with Gasteiger partial charge in [0, 0.05) is 13.2 Å². The van der Waals surface area contributed by atoms with E-state index in [-0.39, 0.29) is 12.6 Å². The zero-order valence-electron chi connectivity index (χ0n) is 14.8. The topological polar surface area (TPSA) is 70.6 Å². The minimum absolute atomic E-state index is 0.128. The fraction of sp³-hybridized carbons (Fsp3) is 0.350. The van der Waals surface area contributed by atoms with Gasteiger partial charge in [-0.1, -0.05) is 54.6 Å². The van der Waals surface area contributed by atoms with Crippen LogP contribution in [0.2, 0.25) is 0 Å². The van der Waals surface area contributed by atoms with E-state index in [1.54, 1.807) is 6.92 Å². The van der Waals surface area contributed by atoms with Gasteiger partial charge in [-0.2, -0.15) is 0 Å². The van der Waals surface area contributed by atoms with Crippen molar-refractivity contribution < 1.29 is 14.6 Å². The van der Waals surface area contributed by atoms with Crippen molar-refractivity contribution in [1.82, 2.24) is 10.6 Å². The molecule has 0 spiro atoms. The highest BCUT2D eigenvalue weighted by Gasteiger charge is 2.23. The molecule has 134 valence electrons. The van der Waals surface area contributed by atoms with Crippen LogP contribution in [0.1, 0.15) is 30.5 Å². The molecule has 1 unspecified atom stereocenters. The van der Waals surface area contributed by atoms with Crippen LogP contribution in [-0.2, 0) is 23.5 Å². The average molecular weight is 342 g/mol. The molecule has 3 N–H and O–H groups in total. The van der Waals surface area contributed by atoms with Gasteiger partial charge in [0.1, 0.15) is 5.60 Å². The van der Waals surface area contributed by atoms with Crippen molar-refractivity contribution in [3.8, 4) is 0 Å². The first-order valence-electron chi connectivity index (χ1n) is 8.47. The van der Waals surface area contributed by atoms with Gasteiger partial charge in [-0.05, 0) is 30.5 Å². The maximum Gasteiger partial charge on any atom is 0.315 e. The summed E-state index contributed by atoms with van der Waals surface area (Å²) in [7, 11) is 0. The Morgan fingerprint density at radius 2 is 1.68 bits per heavy atom. The van der Waals surface area contributed by atoms with E-state index in [2.05, 4.69) is 10.6 Å². The van der Waals surface area contributed by atoms with Crippen molar-refractivity contribution in [2.24, 2.45) is 0 Å². The number of hydrogen-bond acceptors (Lipinski definition) is 3. The number of carbonyl (C=O) groups excluding carboxylic acids is 1. The van der Waals surface area contributed by atoms with Crippen LogP contribution in [0, 0.1) is 0 Å². The molecule has 0 saturated carbocycles. The molecule has 2 aromatic carbocycles. The Hall–Kier alpha value is -2.37. The summed E-state index contributed by atoms with van der Waals surface area (Å²) in [6.07, 6.45) is 0. The molecule has 5 nitrogen and oxygen atoms in total. The third-order valence-electron chi connectivity index (χ3n) is 4.01. The van der Waals surface area contributed by atoms with Gasteiger partial charge < -0.3 is 20.5 Å². The van der Waals surface area contributed by atoms with Crippen LogP contribution in [0.3, 0.4) is 0 Å². The second-order valence-corrected chi connectivity index (χ2v) is 6.08. The molecule has 0 fully saturated rings. The van der Waals surface area contributed by atoms with Crippen molar-refractivity contribution in [2.75, 3.05) is 13.2 Å². The first kappa shape index (κ1) is 19.0. The predicted octanol–water partition coefficient (Wildman–Crippen LogP) is 2.93. The van der Waals surface area contributed by atoms with Gasteiger partial charge >= 0.3 is 6.03 Å². The highest BCUT2D eigenvalue weighted by molar-refractivity contribution is 5.74. The molecule has 2 rings (SSSR count). The van der Waals surface area contributed by atoms with Crippen molar-refractivity contribution in [3.05, 3.63) is 71.3 Å². The van der Waals surface area contributed by atoms with Gasteiger partial charge in [-0.3, -0.25) is 0 Å². The van der Waals surface area contributed by atoms with E-state index in [0.29, 0.717) is 19.8 Å². The van der Waals surface area contributed by atoms with E-state index in [4.69, 9.17) is 4.74 Å². The van der Waals surface area contributed by atoms with E-state index in [9.17, 15) is 9.90 Å². The zero-order valence-corrected chi connectivity index (χ0v) is 14.8. The normalized spacial score (nSPS) is 13.1. The first-order valence-corrected chi connectivity index (χ1v) is 8.47. The van der Waals surface area contributed by atoms with Crippen LogP contribution in [0.5, 0.6) is 0 Å². The lowest BCUT2D eigenvalue weighted by Gasteiger charge is -2.24. The Balaban J connectivity index is 1.85. The van der Waals surface area contributed by atoms with Gasteiger partial charge in [0.25, 0.3) is 0 Å². The van der Waals surface area contributed by atoms with Crippen LogP contribution in [0.4, 0.5) is 4.79 Å². The van der Waals surface area contributed by atoms with E-state index in [1.165, 1.54) is 0 Å².